The van der Waals surface area contributed by atoms with E-state index in [4.69, 9.17) is 9.47 Å². The first-order chi connectivity index (χ1) is 11.8. The zero-order chi connectivity index (χ0) is 16.4. The molecule has 3 aromatic rings. The smallest absolute Gasteiger partial charge is 0.231 e. The van der Waals surface area contributed by atoms with Crippen molar-refractivity contribution in [3.63, 3.8) is 0 Å². The van der Waals surface area contributed by atoms with Gasteiger partial charge in [0.25, 0.3) is 0 Å². The minimum Gasteiger partial charge on any atom is -0.454 e. The molecule has 6 nitrogen and oxygen atoms in total. The highest BCUT2D eigenvalue weighted by Crippen LogP contribution is 2.34. The lowest BCUT2D eigenvalue weighted by molar-refractivity contribution is -0.115. The number of amides is 1. The van der Waals surface area contributed by atoms with Crippen LogP contribution in [-0.2, 0) is 4.79 Å². The Balaban J connectivity index is 1.32. The Bertz CT molecular complexity index is 894. The highest BCUT2D eigenvalue weighted by atomic mass is 32.2. The third-order valence-electron chi connectivity index (χ3n) is 3.62. The Morgan fingerprint density at radius 2 is 2.17 bits per heavy atom. The van der Waals surface area contributed by atoms with Crippen LogP contribution in [0.3, 0.4) is 0 Å². The molecule has 4 rings (SSSR count). The normalized spacial score (nSPS) is 12.5. The first-order valence-electron chi connectivity index (χ1n) is 7.54. The topological polar surface area (TPSA) is 64.9 Å². The fourth-order valence-electron chi connectivity index (χ4n) is 2.46. The molecule has 3 heterocycles. The van der Waals surface area contributed by atoms with Gasteiger partial charge in [-0.25, -0.2) is 4.98 Å². The Morgan fingerprint density at radius 3 is 3.12 bits per heavy atom. The number of fused-ring (bicyclic) bond motifs is 2. The van der Waals surface area contributed by atoms with Crippen LogP contribution in [0, 0.1) is 0 Å². The van der Waals surface area contributed by atoms with Crippen LogP contribution in [0.2, 0.25) is 0 Å². The van der Waals surface area contributed by atoms with E-state index >= 15 is 0 Å². The lowest BCUT2D eigenvalue weighted by Gasteiger charge is -2.06. The second-order valence-electron chi connectivity index (χ2n) is 5.25. The number of rotatable bonds is 5. The number of ether oxygens (including phenoxy) is 2. The van der Waals surface area contributed by atoms with Gasteiger partial charge in [-0.05, 0) is 24.3 Å². The van der Waals surface area contributed by atoms with Crippen LogP contribution in [0.25, 0.3) is 5.52 Å². The average molecular weight is 341 g/mol. The van der Waals surface area contributed by atoms with Gasteiger partial charge in [0.05, 0.1) is 11.7 Å². The summed E-state index contributed by atoms with van der Waals surface area (Å²) in [5.74, 6) is 1.98. The van der Waals surface area contributed by atoms with Gasteiger partial charge in [0, 0.05) is 30.1 Å². The number of nitrogens with zero attached hydrogens (tertiary/aromatic N) is 2. The van der Waals surface area contributed by atoms with Crippen molar-refractivity contribution in [2.45, 2.75) is 11.6 Å². The number of imidazole rings is 1. The summed E-state index contributed by atoms with van der Waals surface area (Å²) in [6.07, 6.45) is 4.20. The summed E-state index contributed by atoms with van der Waals surface area (Å²) in [6, 6.07) is 11.3. The molecule has 0 aliphatic carbocycles. The number of benzene rings is 1. The molecule has 0 fully saturated rings. The number of nitrogens with one attached hydrogen (secondary N) is 1. The maximum atomic E-state index is 12.1. The SMILES string of the molecule is O=C(CCSc1ncc2ccccn12)Nc1ccc2c(c1)OCO2. The first kappa shape index (κ1) is 14.9. The van der Waals surface area contributed by atoms with Crippen molar-refractivity contribution in [3.8, 4) is 11.5 Å². The number of aromatic nitrogens is 2. The summed E-state index contributed by atoms with van der Waals surface area (Å²) in [5, 5.41) is 3.76. The van der Waals surface area contributed by atoms with Gasteiger partial charge in [0.2, 0.25) is 12.7 Å². The molecule has 1 N–H and O–H groups in total. The van der Waals surface area contributed by atoms with Crippen LogP contribution in [0.5, 0.6) is 11.5 Å². The van der Waals surface area contributed by atoms with Crippen molar-refractivity contribution in [3.05, 3.63) is 48.8 Å². The quantitative estimate of drug-likeness (QED) is 0.722. The van der Waals surface area contributed by atoms with E-state index in [-0.39, 0.29) is 12.7 Å². The summed E-state index contributed by atoms with van der Waals surface area (Å²) in [6.45, 7) is 0.224. The molecular weight excluding hydrogens is 326 g/mol. The lowest BCUT2D eigenvalue weighted by atomic mass is 10.2. The molecule has 0 spiro atoms. The van der Waals surface area contributed by atoms with Crippen molar-refractivity contribution in [2.75, 3.05) is 17.9 Å². The van der Waals surface area contributed by atoms with Crippen LogP contribution < -0.4 is 14.8 Å². The van der Waals surface area contributed by atoms with Crippen LogP contribution in [-0.4, -0.2) is 27.8 Å². The molecule has 0 saturated carbocycles. The number of pyridine rings is 1. The van der Waals surface area contributed by atoms with Crippen molar-refractivity contribution in [1.82, 2.24) is 9.38 Å². The minimum atomic E-state index is -0.0396. The first-order valence-corrected chi connectivity index (χ1v) is 8.52. The fourth-order valence-corrected chi connectivity index (χ4v) is 3.36. The van der Waals surface area contributed by atoms with Crippen molar-refractivity contribution >= 4 is 28.9 Å². The third-order valence-corrected chi connectivity index (χ3v) is 4.59. The number of carbonyl (C=O) groups excluding carboxylic acids is 1. The molecule has 1 amide bonds. The number of carbonyl (C=O) groups is 1. The largest absolute Gasteiger partial charge is 0.454 e. The minimum absolute atomic E-state index is 0.0396. The van der Waals surface area contributed by atoms with Gasteiger partial charge in [0.1, 0.15) is 0 Å². The summed E-state index contributed by atoms with van der Waals surface area (Å²) in [4.78, 5) is 16.5. The van der Waals surface area contributed by atoms with E-state index in [1.54, 1.807) is 30.0 Å². The zero-order valence-corrected chi connectivity index (χ0v) is 13.6. The molecule has 0 saturated heterocycles. The van der Waals surface area contributed by atoms with E-state index in [1.807, 2.05) is 35.0 Å². The van der Waals surface area contributed by atoms with E-state index in [0.29, 0.717) is 29.4 Å². The van der Waals surface area contributed by atoms with Crippen molar-refractivity contribution in [2.24, 2.45) is 0 Å². The maximum Gasteiger partial charge on any atom is 0.231 e. The second kappa shape index (κ2) is 6.45. The Labute approximate surface area is 142 Å². The third kappa shape index (κ3) is 3.03. The van der Waals surface area contributed by atoms with E-state index in [0.717, 1.165) is 10.7 Å². The molecule has 122 valence electrons. The molecule has 0 bridgehead atoms. The molecule has 0 radical (unpaired) electrons. The van der Waals surface area contributed by atoms with E-state index in [1.165, 1.54) is 0 Å². The predicted octanol–water partition coefficient (Wildman–Crippen LogP) is 3.18. The number of anilines is 1. The molecular formula is C17H15N3O3S. The van der Waals surface area contributed by atoms with Gasteiger partial charge < -0.3 is 14.8 Å². The summed E-state index contributed by atoms with van der Waals surface area (Å²) >= 11 is 1.56. The van der Waals surface area contributed by atoms with Crippen LogP contribution >= 0.6 is 11.8 Å². The second-order valence-corrected chi connectivity index (χ2v) is 6.31. The Kier molecular flexibility index (Phi) is 4.00. The monoisotopic (exact) mass is 341 g/mol. The number of hydrogen-bond acceptors (Lipinski definition) is 5. The van der Waals surface area contributed by atoms with Gasteiger partial charge in [-0.15, -0.1) is 0 Å². The summed E-state index contributed by atoms with van der Waals surface area (Å²) in [7, 11) is 0. The lowest BCUT2D eigenvalue weighted by Crippen LogP contribution is -2.12. The molecule has 24 heavy (non-hydrogen) atoms. The number of hydrogen-bond donors (Lipinski definition) is 1. The van der Waals surface area contributed by atoms with Crippen LogP contribution in [0.1, 0.15) is 6.42 Å². The van der Waals surface area contributed by atoms with Gasteiger partial charge in [-0.2, -0.15) is 0 Å². The van der Waals surface area contributed by atoms with Gasteiger partial charge in [0.15, 0.2) is 16.7 Å². The van der Waals surface area contributed by atoms with Gasteiger partial charge >= 0.3 is 0 Å². The summed E-state index contributed by atoms with van der Waals surface area (Å²) in [5.41, 5.74) is 1.75. The highest BCUT2D eigenvalue weighted by Gasteiger charge is 2.14. The fraction of sp³-hybridized carbons (Fsp3) is 0.176. The molecule has 1 aliphatic rings. The highest BCUT2D eigenvalue weighted by molar-refractivity contribution is 7.99. The number of thioether (sulfide) groups is 1. The predicted molar refractivity (Wildman–Crippen MR) is 91.7 cm³/mol. The van der Waals surface area contributed by atoms with Crippen molar-refractivity contribution in [1.29, 1.82) is 0 Å². The standard InChI is InChI=1S/C17H15N3O3S/c21-16(19-12-4-5-14-15(9-12)23-11-22-14)6-8-24-17-18-10-13-3-1-2-7-20(13)17/h1-5,7,9-10H,6,8,11H2,(H,19,21). The average Bonchev–Trinajstić information content (AvgIpc) is 3.21. The zero-order valence-electron chi connectivity index (χ0n) is 12.8. The molecule has 1 aromatic carbocycles. The van der Waals surface area contributed by atoms with Crippen LogP contribution in [0.15, 0.2) is 53.9 Å². The molecule has 1 aliphatic heterocycles. The molecule has 0 atom stereocenters. The van der Waals surface area contributed by atoms with E-state index < -0.39 is 0 Å². The Hall–Kier alpha value is -2.67. The van der Waals surface area contributed by atoms with Gasteiger partial charge in [-0.1, -0.05) is 17.8 Å². The van der Waals surface area contributed by atoms with Crippen molar-refractivity contribution < 1.29 is 14.3 Å². The van der Waals surface area contributed by atoms with Gasteiger partial charge in [-0.3, -0.25) is 9.20 Å². The van der Waals surface area contributed by atoms with E-state index in [9.17, 15) is 4.79 Å². The summed E-state index contributed by atoms with van der Waals surface area (Å²) < 4.78 is 12.6. The Morgan fingerprint density at radius 1 is 1.25 bits per heavy atom. The van der Waals surface area contributed by atoms with E-state index in [2.05, 4.69) is 10.3 Å². The molecule has 2 aromatic heterocycles. The van der Waals surface area contributed by atoms with Crippen LogP contribution in [0.4, 0.5) is 5.69 Å². The molecule has 7 heteroatoms. The maximum absolute atomic E-state index is 12.1. The molecule has 0 unspecified atom stereocenters.